The maximum Gasteiger partial charge on any atom is 0.243 e. The van der Waals surface area contributed by atoms with Gasteiger partial charge in [-0.1, -0.05) is 24.3 Å². The van der Waals surface area contributed by atoms with Crippen LogP contribution in [0, 0.1) is 23.7 Å². The van der Waals surface area contributed by atoms with Crippen LogP contribution in [-0.2, 0) is 9.53 Å². The summed E-state index contributed by atoms with van der Waals surface area (Å²) in [7, 11) is 0. The lowest BCUT2D eigenvalue weighted by Crippen LogP contribution is -2.47. The quantitative estimate of drug-likeness (QED) is 0.843. The molecule has 4 nitrogen and oxygen atoms in total. The second-order valence-electron chi connectivity index (χ2n) is 6.90. The summed E-state index contributed by atoms with van der Waals surface area (Å²) in [6.07, 6.45) is 2.00. The molecule has 0 N–H and O–H groups in total. The summed E-state index contributed by atoms with van der Waals surface area (Å²) in [4.78, 5) is 15.0. The molecule has 0 radical (unpaired) electrons. The first kappa shape index (κ1) is 16.0. The standard InChI is InChI=1S/C19H24N2O2/c1-14-5-3-4-6-17(14)16-11-15(2)21(12-16)18(22)19(13-20)7-9-23-10-8-19/h3-6,15-16H,7-12H2,1-2H3/t15-,16-/m0/s1. The Morgan fingerprint density at radius 1 is 1.35 bits per heavy atom. The van der Waals surface area contributed by atoms with Crippen molar-refractivity contribution >= 4 is 5.91 Å². The fraction of sp³-hybridized carbons (Fsp3) is 0.579. The summed E-state index contributed by atoms with van der Waals surface area (Å²) in [5.41, 5.74) is 1.72. The van der Waals surface area contributed by atoms with Crippen molar-refractivity contribution in [2.45, 2.75) is 45.1 Å². The molecule has 4 heteroatoms. The Balaban J connectivity index is 1.80. The molecule has 0 unspecified atom stereocenters. The van der Waals surface area contributed by atoms with Crippen molar-refractivity contribution in [2.75, 3.05) is 19.8 Å². The van der Waals surface area contributed by atoms with E-state index in [1.165, 1.54) is 11.1 Å². The number of rotatable bonds is 2. The third kappa shape index (κ3) is 2.86. The van der Waals surface area contributed by atoms with E-state index in [2.05, 4.69) is 38.1 Å². The minimum atomic E-state index is -0.882. The lowest BCUT2D eigenvalue weighted by atomic mass is 9.80. The predicted molar refractivity (Wildman–Crippen MR) is 87.8 cm³/mol. The molecule has 1 amide bonds. The average molecular weight is 312 g/mol. The van der Waals surface area contributed by atoms with Crippen LogP contribution in [0.5, 0.6) is 0 Å². The van der Waals surface area contributed by atoms with Crippen molar-refractivity contribution in [3.8, 4) is 6.07 Å². The fourth-order valence-corrected chi connectivity index (χ4v) is 3.95. The largest absolute Gasteiger partial charge is 0.381 e. The molecule has 2 fully saturated rings. The lowest BCUT2D eigenvalue weighted by molar-refractivity contribution is -0.144. The van der Waals surface area contributed by atoms with Gasteiger partial charge in [0.15, 0.2) is 0 Å². The van der Waals surface area contributed by atoms with Gasteiger partial charge < -0.3 is 9.64 Å². The number of amides is 1. The molecular weight excluding hydrogens is 288 g/mol. The van der Waals surface area contributed by atoms with E-state index in [0.717, 1.165) is 13.0 Å². The number of likely N-dealkylation sites (tertiary alicyclic amines) is 1. The molecule has 2 heterocycles. The first-order chi connectivity index (χ1) is 11.1. The molecule has 0 saturated carbocycles. The van der Waals surface area contributed by atoms with Crippen LogP contribution in [0.4, 0.5) is 0 Å². The highest BCUT2D eigenvalue weighted by Crippen LogP contribution is 2.38. The van der Waals surface area contributed by atoms with E-state index in [1.807, 2.05) is 11.0 Å². The predicted octanol–water partition coefficient (Wildman–Crippen LogP) is 3.02. The Kier molecular flexibility index (Phi) is 4.41. The van der Waals surface area contributed by atoms with Gasteiger partial charge in [-0.2, -0.15) is 5.26 Å². The normalized spacial score (nSPS) is 26.7. The van der Waals surface area contributed by atoms with Gasteiger partial charge >= 0.3 is 0 Å². The van der Waals surface area contributed by atoms with Gasteiger partial charge in [0.2, 0.25) is 5.91 Å². The Bertz CT molecular complexity index is 629. The first-order valence-corrected chi connectivity index (χ1v) is 8.43. The summed E-state index contributed by atoms with van der Waals surface area (Å²) in [6, 6.07) is 10.9. The van der Waals surface area contributed by atoms with Gasteiger partial charge in [-0.05, 0) is 44.2 Å². The Hall–Kier alpha value is -1.86. The van der Waals surface area contributed by atoms with E-state index in [-0.39, 0.29) is 11.9 Å². The summed E-state index contributed by atoms with van der Waals surface area (Å²) in [5, 5.41) is 9.63. The molecule has 0 aromatic heterocycles. The van der Waals surface area contributed by atoms with Gasteiger partial charge in [0.25, 0.3) is 0 Å². The topological polar surface area (TPSA) is 53.3 Å². The van der Waals surface area contributed by atoms with Crippen LogP contribution >= 0.6 is 0 Å². The summed E-state index contributed by atoms with van der Waals surface area (Å²) >= 11 is 0. The zero-order chi connectivity index (χ0) is 16.4. The van der Waals surface area contributed by atoms with Gasteiger partial charge in [-0.3, -0.25) is 4.79 Å². The molecule has 122 valence electrons. The number of ether oxygens (including phenoxy) is 1. The molecule has 0 bridgehead atoms. The molecule has 2 saturated heterocycles. The number of carbonyl (C=O) groups is 1. The average Bonchev–Trinajstić information content (AvgIpc) is 2.96. The van der Waals surface area contributed by atoms with E-state index >= 15 is 0 Å². The summed E-state index contributed by atoms with van der Waals surface area (Å²) < 4.78 is 5.35. The fourth-order valence-electron chi connectivity index (χ4n) is 3.95. The highest BCUT2D eigenvalue weighted by Gasteiger charge is 2.46. The number of carbonyl (C=O) groups excluding carboxylic acids is 1. The maximum absolute atomic E-state index is 13.1. The molecule has 3 rings (SSSR count). The van der Waals surface area contributed by atoms with Gasteiger partial charge in [0.05, 0.1) is 6.07 Å². The van der Waals surface area contributed by atoms with Gasteiger partial charge in [-0.15, -0.1) is 0 Å². The zero-order valence-corrected chi connectivity index (χ0v) is 13.9. The molecular formula is C19H24N2O2. The van der Waals surface area contributed by atoms with Crippen molar-refractivity contribution in [1.29, 1.82) is 5.26 Å². The smallest absolute Gasteiger partial charge is 0.243 e. The minimum Gasteiger partial charge on any atom is -0.381 e. The molecule has 2 aliphatic rings. The number of benzene rings is 1. The Labute approximate surface area is 138 Å². The third-order valence-corrected chi connectivity index (χ3v) is 5.43. The highest BCUT2D eigenvalue weighted by molar-refractivity contribution is 5.86. The van der Waals surface area contributed by atoms with Gasteiger partial charge in [0.1, 0.15) is 5.41 Å². The number of aryl methyl sites for hydroxylation is 1. The monoisotopic (exact) mass is 312 g/mol. The molecule has 1 aromatic carbocycles. The number of hydrogen-bond donors (Lipinski definition) is 0. The van der Waals surface area contributed by atoms with Crippen LogP contribution in [0.2, 0.25) is 0 Å². The van der Waals surface area contributed by atoms with Crippen LogP contribution < -0.4 is 0 Å². The first-order valence-electron chi connectivity index (χ1n) is 8.43. The summed E-state index contributed by atoms with van der Waals surface area (Å²) in [5.74, 6) is 0.373. The van der Waals surface area contributed by atoms with Crippen molar-refractivity contribution in [3.05, 3.63) is 35.4 Å². The summed E-state index contributed by atoms with van der Waals surface area (Å²) in [6.45, 7) is 5.95. The zero-order valence-electron chi connectivity index (χ0n) is 13.9. The van der Waals surface area contributed by atoms with E-state index in [1.54, 1.807) is 0 Å². The Morgan fingerprint density at radius 3 is 2.70 bits per heavy atom. The molecule has 2 aliphatic heterocycles. The van der Waals surface area contributed by atoms with Crippen molar-refractivity contribution in [3.63, 3.8) is 0 Å². The van der Waals surface area contributed by atoms with E-state index < -0.39 is 5.41 Å². The third-order valence-electron chi connectivity index (χ3n) is 5.43. The molecule has 23 heavy (non-hydrogen) atoms. The van der Waals surface area contributed by atoms with Crippen molar-refractivity contribution in [1.82, 2.24) is 4.90 Å². The lowest BCUT2D eigenvalue weighted by Gasteiger charge is -2.34. The van der Waals surface area contributed by atoms with Crippen molar-refractivity contribution < 1.29 is 9.53 Å². The molecule has 0 aliphatic carbocycles. The maximum atomic E-state index is 13.1. The van der Waals surface area contributed by atoms with E-state index in [9.17, 15) is 10.1 Å². The molecule has 0 spiro atoms. The van der Waals surface area contributed by atoms with Crippen LogP contribution in [0.3, 0.4) is 0 Å². The minimum absolute atomic E-state index is 0.00637. The van der Waals surface area contributed by atoms with Crippen molar-refractivity contribution in [2.24, 2.45) is 5.41 Å². The van der Waals surface area contributed by atoms with E-state index in [4.69, 9.17) is 4.74 Å². The van der Waals surface area contributed by atoms with Gasteiger partial charge in [-0.25, -0.2) is 0 Å². The van der Waals surface area contributed by atoms with Crippen LogP contribution in [0.25, 0.3) is 0 Å². The van der Waals surface area contributed by atoms with Crippen LogP contribution in [0.1, 0.15) is 43.2 Å². The van der Waals surface area contributed by atoms with Crippen LogP contribution in [0.15, 0.2) is 24.3 Å². The van der Waals surface area contributed by atoms with Crippen LogP contribution in [-0.4, -0.2) is 36.6 Å². The second-order valence-corrected chi connectivity index (χ2v) is 6.90. The molecule has 1 aromatic rings. The Morgan fingerprint density at radius 2 is 2.04 bits per heavy atom. The molecule has 2 atom stereocenters. The van der Waals surface area contributed by atoms with Gasteiger partial charge in [0, 0.05) is 31.7 Å². The van der Waals surface area contributed by atoms with E-state index in [0.29, 0.717) is 32.0 Å². The number of hydrogen-bond acceptors (Lipinski definition) is 3. The highest BCUT2D eigenvalue weighted by atomic mass is 16.5. The number of nitrogens with zero attached hydrogens (tertiary/aromatic N) is 2. The SMILES string of the molecule is Cc1ccccc1[C@H]1C[C@H](C)N(C(=O)C2(C#N)CCOCC2)C1. The second kappa shape index (κ2) is 6.33. The number of nitriles is 1.